The van der Waals surface area contributed by atoms with E-state index in [0.717, 1.165) is 33.8 Å². The summed E-state index contributed by atoms with van der Waals surface area (Å²) < 4.78 is 5.55. The molecule has 1 aliphatic rings. The van der Waals surface area contributed by atoms with Crippen LogP contribution in [-0.2, 0) is 6.42 Å². The minimum Gasteiger partial charge on any atom is -0.496 e. The van der Waals surface area contributed by atoms with E-state index < -0.39 is 0 Å². The van der Waals surface area contributed by atoms with E-state index in [1.165, 1.54) is 16.0 Å². The van der Waals surface area contributed by atoms with E-state index in [1.807, 2.05) is 6.07 Å². The number of hydrogen-bond acceptors (Lipinski definition) is 4. The van der Waals surface area contributed by atoms with Crippen LogP contribution in [0.25, 0.3) is 15.9 Å². The molecule has 0 aliphatic carbocycles. The van der Waals surface area contributed by atoms with E-state index in [9.17, 15) is 0 Å². The molecule has 120 valence electrons. The first-order valence-electron chi connectivity index (χ1n) is 7.85. The zero-order chi connectivity index (χ0) is 16.7. The van der Waals surface area contributed by atoms with Crippen LogP contribution < -0.4 is 9.64 Å². The minimum absolute atomic E-state index is 0.846. The van der Waals surface area contributed by atoms with Gasteiger partial charge in [-0.2, -0.15) is 0 Å². The highest BCUT2D eigenvalue weighted by Gasteiger charge is 2.23. The molecule has 3 nitrogen and oxygen atoms in total. The summed E-state index contributed by atoms with van der Waals surface area (Å²) in [6.45, 7) is 6.47. The van der Waals surface area contributed by atoms with Crippen molar-refractivity contribution in [2.24, 2.45) is 0 Å². The van der Waals surface area contributed by atoms with Crippen LogP contribution in [-0.4, -0.2) is 12.1 Å². The number of anilines is 1. The fraction of sp³-hybridized carbons (Fsp3) is 0.150. The second-order valence-corrected chi connectivity index (χ2v) is 6.85. The highest BCUT2D eigenvalue weighted by Crippen LogP contribution is 2.42. The topological polar surface area (TPSA) is 25.4 Å². The van der Waals surface area contributed by atoms with Gasteiger partial charge in [-0.15, -0.1) is 11.3 Å². The highest BCUT2D eigenvalue weighted by atomic mass is 32.1. The summed E-state index contributed by atoms with van der Waals surface area (Å²) in [6, 6.07) is 10.4. The summed E-state index contributed by atoms with van der Waals surface area (Å²) in [7, 11) is 1.71. The number of methoxy groups -OCH3 is 1. The number of ether oxygens (including phenoxy) is 1. The van der Waals surface area contributed by atoms with Crippen LogP contribution in [0.1, 0.15) is 16.0 Å². The summed E-state index contributed by atoms with van der Waals surface area (Å²) in [5.41, 5.74) is 4.59. The Hall–Kier alpha value is -2.59. The molecule has 3 heterocycles. The number of thiophene rings is 1. The Bertz CT molecular complexity index is 971. The monoisotopic (exact) mass is 334 g/mol. The van der Waals surface area contributed by atoms with E-state index in [1.54, 1.807) is 24.6 Å². The van der Waals surface area contributed by atoms with Gasteiger partial charge in [0.15, 0.2) is 0 Å². The van der Waals surface area contributed by atoms with Crippen LogP contribution >= 0.6 is 11.3 Å². The Morgan fingerprint density at radius 2 is 2.17 bits per heavy atom. The SMILES string of the molecule is C=C1c2sc3nccc(OC)c3c2CC=CN1c1cccc(C)c1. The van der Waals surface area contributed by atoms with E-state index >= 15 is 0 Å². The van der Waals surface area contributed by atoms with Crippen LogP contribution in [0.4, 0.5) is 5.69 Å². The van der Waals surface area contributed by atoms with E-state index in [-0.39, 0.29) is 0 Å². The van der Waals surface area contributed by atoms with Gasteiger partial charge in [-0.25, -0.2) is 4.98 Å². The van der Waals surface area contributed by atoms with Gasteiger partial charge in [0.2, 0.25) is 0 Å². The number of rotatable bonds is 2. The maximum atomic E-state index is 5.55. The molecular weight excluding hydrogens is 316 g/mol. The normalized spacial score (nSPS) is 13.9. The second-order valence-electron chi connectivity index (χ2n) is 5.85. The molecule has 4 heteroatoms. The number of hydrogen-bond donors (Lipinski definition) is 0. The predicted molar refractivity (Wildman–Crippen MR) is 102 cm³/mol. The molecule has 0 spiro atoms. The standard InChI is InChI=1S/C20H18N2OS/c1-13-6-4-7-15(12-13)22-11-5-8-16-18-17(23-3)9-10-21-20(18)24-19(16)14(22)2/h4-7,9-12H,2,8H2,1,3H3. The van der Waals surface area contributed by atoms with Gasteiger partial charge in [-0.1, -0.05) is 24.8 Å². The molecule has 2 aromatic heterocycles. The Morgan fingerprint density at radius 3 is 2.96 bits per heavy atom. The van der Waals surface area contributed by atoms with Crippen molar-refractivity contribution in [1.82, 2.24) is 4.98 Å². The average molecular weight is 334 g/mol. The summed E-state index contributed by atoms with van der Waals surface area (Å²) in [4.78, 5) is 8.85. The summed E-state index contributed by atoms with van der Waals surface area (Å²) in [6.07, 6.45) is 6.93. The first kappa shape index (κ1) is 15.0. The molecule has 0 fully saturated rings. The molecule has 4 rings (SSSR count). The second kappa shape index (κ2) is 5.80. The molecule has 0 radical (unpaired) electrons. The third-order valence-corrected chi connectivity index (χ3v) is 5.47. The molecule has 0 N–H and O–H groups in total. The largest absolute Gasteiger partial charge is 0.496 e. The number of aryl methyl sites for hydroxylation is 1. The fourth-order valence-electron chi connectivity index (χ4n) is 3.15. The molecule has 0 amide bonds. The lowest BCUT2D eigenvalue weighted by atomic mass is 10.1. The Kier molecular flexibility index (Phi) is 3.62. The van der Waals surface area contributed by atoms with Gasteiger partial charge in [0.05, 0.1) is 23.1 Å². The quantitative estimate of drug-likeness (QED) is 0.647. The summed E-state index contributed by atoms with van der Waals surface area (Å²) >= 11 is 1.68. The molecular formula is C20H18N2OS. The maximum absolute atomic E-state index is 5.55. The van der Waals surface area contributed by atoms with Crippen molar-refractivity contribution in [3.05, 3.63) is 71.4 Å². The van der Waals surface area contributed by atoms with Gasteiger partial charge >= 0.3 is 0 Å². The molecule has 1 aromatic carbocycles. The molecule has 0 unspecified atom stereocenters. The number of benzene rings is 1. The van der Waals surface area contributed by atoms with Crippen molar-refractivity contribution in [3.8, 4) is 5.75 Å². The van der Waals surface area contributed by atoms with Crippen molar-refractivity contribution in [2.75, 3.05) is 12.0 Å². The Morgan fingerprint density at radius 1 is 1.29 bits per heavy atom. The molecule has 3 aromatic rings. The summed E-state index contributed by atoms with van der Waals surface area (Å²) in [5.74, 6) is 0.878. The van der Waals surface area contributed by atoms with Crippen molar-refractivity contribution in [2.45, 2.75) is 13.3 Å². The van der Waals surface area contributed by atoms with Crippen LogP contribution in [0, 0.1) is 6.92 Å². The lowest BCUT2D eigenvalue weighted by Gasteiger charge is -2.22. The minimum atomic E-state index is 0.846. The predicted octanol–water partition coefficient (Wildman–Crippen LogP) is 5.16. The van der Waals surface area contributed by atoms with Crippen LogP contribution in [0.3, 0.4) is 0 Å². The number of nitrogens with zero attached hydrogens (tertiary/aromatic N) is 2. The van der Waals surface area contributed by atoms with Gasteiger partial charge in [-0.3, -0.25) is 0 Å². The van der Waals surface area contributed by atoms with Gasteiger partial charge in [0, 0.05) is 18.1 Å². The van der Waals surface area contributed by atoms with Crippen LogP contribution in [0.2, 0.25) is 0 Å². The third-order valence-electron chi connectivity index (χ3n) is 4.28. The average Bonchev–Trinajstić information content (AvgIpc) is 2.89. The first-order chi connectivity index (χ1) is 11.7. The Balaban J connectivity index is 1.89. The number of fused-ring (bicyclic) bond motifs is 3. The van der Waals surface area contributed by atoms with Crippen molar-refractivity contribution in [1.29, 1.82) is 0 Å². The van der Waals surface area contributed by atoms with E-state index in [0.29, 0.717) is 0 Å². The lowest BCUT2D eigenvalue weighted by Crippen LogP contribution is -2.12. The Labute approximate surface area is 145 Å². The van der Waals surface area contributed by atoms with Gasteiger partial charge in [0.25, 0.3) is 0 Å². The molecule has 0 atom stereocenters. The molecule has 1 aliphatic heterocycles. The third kappa shape index (κ3) is 2.31. The highest BCUT2D eigenvalue weighted by molar-refractivity contribution is 7.20. The van der Waals surface area contributed by atoms with Crippen molar-refractivity contribution < 1.29 is 4.74 Å². The maximum Gasteiger partial charge on any atom is 0.130 e. The number of aromatic nitrogens is 1. The van der Waals surface area contributed by atoms with Crippen molar-refractivity contribution >= 4 is 32.9 Å². The number of allylic oxidation sites excluding steroid dienone is 1. The van der Waals surface area contributed by atoms with Crippen LogP contribution in [0.5, 0.6) is 5.75 Å². The molecule has 0 saturated heterocycles. The van der Waals surface area contributed by atoms with E-state index in [4.69, 9.17) is 4.74 Å². The molecule has 24 heavy (non-hydrogen) atoms. The zero-order valence-corrected chi connectivity index (χ0v) is 14.6. The number of pyridine rings is 1. The summed E-state index contributed by atoms with van der Waals surface area (Å²) in [5, 5.41) is 1.11. The van der Waals surface area contributed by atoms with Gasteiger partial charge < -0.3 is 9.64 Å². The smallest absolute Gasteiger partial charge is 0.130 e. The van der Waals surface area contributed by atoms with Gasteiger partial charge in [-0.05, 0) is 42.7 Å². The van der Waals surface area contributed by atoms with Crippen LogP contribution in [0.15, 0.2) is 55.4 Å². The zero-order valence-electron chi connectivity index (χ0n) is 13.7. The molecule has 0 bridgehead atoms. The van der Waals surface area contributed by atoms with E-state index in [2.05, 4.69) is 59.9 Å². The fourth-order valence-corrected chi connectivity index (χ4v) is 4.30. The van der Waals surface area contributed by atoms with Crippen molar-refractivity contribution in [3.63, 3.8) is 0 Å². The lowest BCUT2D eigenvalue weighted by molar-refractivity contribution is 0.419. The first-order valence-corrected chi connectivity index (χ1v) is 8.67. The molecule has 0 saturated carbocycles. The van der Waals surface area contributed by atoms with Gasteiger partial charge in [0.1, 0.15) is 10.6 Å².